The van der Waals surface area contributed by atoms with E-state index in [4.69, 9.17) is 25.8 Å². The van der Waals surface area contributed by atoms with Crippen LogP contribution < -0.4 is 24.4 Å². The van der Waals surface area contributed by atoms with Crippen molar-refractivity contribution in [2.24, 2.45) is 4.99 Å². The van der Waals surface area contributed by atoms with Gasteiger partial charge in [0.2, 0.25) is 0 Å². The predicted molar refractivity (Wildman–Crippen MR) is 182 cm³/mol. The molecule has 1 aliphatic heterocycles. The van der Waals surface area contributed by atoms with Crippen molar-refractivity contribution in [3.8, 4) is 17.6 Å². The second kappa shape index (κ2) is 14.0. The van der Waals surface area contributed by atoms with Gasteiger partial charge < -0.3 is 14.2 Å². The molecule has 0 radical (unpaired) electrons. The second-order valence-corrected chi connectivity index (χ2v) is 13.0. The Labute approximate surface area is 283 Å². The van der Waals surface area contributed by atoms with Gasteiger partial charge in [0.1, 0.15) is 24.1 Å². The topological polar surface area (TPSA) is 103 Å². The van der Waals surface area contributed by atoms with Crippen molar-refractivity contribution >= 4 is 57.6 Å². The zero-order valence-electron chi connectivity index (χ0n) is 25.0. The molecule has 0 saturated carbocycles. The Bertz CT molecular complexity index is 2040. The fourth-order valence-electron chi connectivity index (χ4n) is 5.04. The molecule has 2 heterocycles. The van der Waals surface area contributed by atoms with Gasteiger partial charge in [-0.2, -0.15) is 5.26 Å². The number of carbonyl (C=O) groups excluding carboxylic acids is 1. The number of esters is 1. The first-order valence-corrected chi connectivity index (χ1v) is 16.4. The molecule has 45 heavy (non-hydrogen) atoms. The highest BCUT2D eigenvalue weighted by Gasteiger charge is 2.35. The number of benzene rings is 3. The van der Waals surface area contributed by atoms with Gasteiger partial charge in [0.15, 0.2) is 4.80 Å². The van der Waals surface area contributed by atoms with Gasteiger partial charge >= 0.3 is 5.97 Å². The number of nitriles is 1. The number of allylic oxidation sites excluding steroid dienone is 1. The molecule has 0 amide bonds. The van der Waals surface area contributed by atoms with Gasteiger partial charge in [0.05, 0.1) is 43.7 Å². The van der Waals surface area contributed by atoms with Crippen LogP contribution in [0.3, 0.4) is 0 Å². The van der Waals surface area contributed by atoms with Crippen LogP contribution in [0.5, 0.6) is 11.5 Å². The lowest BCUT2D eigenvalue weighted by molar-refractivity contribution is -0.139. The van der Waals surface area contributed by atoms with Crippen molar-refractivity contribution in [3.05, 3.63) is 122 Å². The summed E-state index contributed by atoms with van der Waals surface area (Å²) in [5.41, 5.74) is 2.89. The van der Waals surface area contributed by atoms with Crippen LogP contribution in [0.4, 0.5) is 0 Å². The standard InChI is InChI=1S/C34H29ClIN3O5S/c1-5-42-33(41)29-20(4)38-34-39(30(29)25-12-8-9-13-27(25)44-19(2)3)32(40)28(45-34)15-23-14-24(35)16-26(36)31(23)43-18-22-11-7-6-10-21(22)17-37/h6-16,19,30H,5,18H2,1-4H3/b28-15-/t30-/m1/s1. The van der Waals surface area contributed by atoms with E-state index in [-0.39, 0.29) is 30.5 Å². The fourth-order valence-corrected chi connectivity index (χ4v) is 7.29. The van der Waals surface area contributed by atoms with E-state index < -0.39 is 12.0 Å². The van der Waals surface area contributed by atoms with Crippen molar-refractivity contribution in [1.82, 2.24) is 4.57 Å². The molecule has 1 aromatic heterocycles. The number of hydrogen-bond donors (Lipinski definition) is 0. The Morgan fingerprint density at radius 1 is 1.20 bits per heavy atom. The molecule has 0 aliphatic carbocycles. The number of ether oxygens (including phenoxy) is 3. The zero-order valence-corrected chi connectivity index (χ0v) is 28.7. The van der Waals surface area contributed by atoms with Gasteiger partial charge in [-0.3, -0.25) is 9.36 Å². The summed E-state index contributed by atoms with van der Waals surface area (Å²) in [4.78, 5) is 32.7. The summed E-state index contributed by atoms with van der Waals surface area (Å²) in [5, 5.41) is 9.99. The maximum Gasteiger partial charge on any atom is 0.338 e. The van der Waals surface area contributed by atoms with E-state index in [1.807, 2.05) is 50.2 Å². The molecule has 0 unspecified atom stereocenters. The lowest BCUT2D eigenvalue weighted by Crippen LogP contribution is -2.40. The van der Waals surface area contributed by atoms with Crippen LogP contribution in [-0.2, 0) is 16.1 Å². The lowest BCUT2D eigenvalue weighted by atomic mass is 9.95. The van der Waals surface area contributed by atoms with Crippen LogP contribution in [0.2, 0.25) is 5.02 Å². The van der Waals surface area contributed by atoms with Gasteiger partial charge in [-0.1, -0.05) is 59.3 Å². The highest BCUT2D eigenvalue weighted by atomic mass is 127. The highest BCUT2D eigenvalue weighted by molar-refractivity contribution is 14.1. The van der Waals surface area contributed by atoms with Crippen molar-refractivity contribution < 1.29 is 19.0 Å². The number of para-hydroxylation sites is 1. The molecular formula is C34H29ClIN3O5S. The lowest BCUT2D eigenvalue weighted by Gasteiger charge is -2.26. The number of halogens is 2. The van der Waals surface area contributed by atoms with E-state index >= 15 is 0 Å². The van der Waals surface area contributed by atoms with E-state index in [1.165, 1.54) is 15.9 Å². The number of nitrogens with zero attached hydrogens (tertiary/aromatic N) is 3. The number of aromatic nitrogens is 1. The molecule has 0 spiro atoms. The molecule has 8 nitrogen and oxygen atoms in total. The Balaban J connectivity index is 1.68. The molecule has 3 aromatic carbocycles. The molecule has 0 fully saturated rings. The summed E-state index contributed by atoms with van der Waals surface area (Å²) >= 11 is 9.81. The van der Waals surface area contributed by atoms with E-state index in [0.29, 0.717) is 48.2 Å². The third kappa shape index (κ3) is 6.85. The van der Waals surface area contributed by atoms with Gasteiger partial charge in [-0.05, 0) is 80.6 Å². The predicted octanol–water partition coefficient (Wildman–Crippen LogP) is 6.29. The van der Waals surface area contributed by atoms with Crippen molar-refractivity contribution in [3.63, 3.8) is 0 Å². The average Bonchev–Trinajstić information content (AvgIpc) is 3.30. The quantitative estimate of drug-likeness (QED) is 0.147. The maximum absolute atomic E-state index is 14.3. The van der Waals surface area contributed by atoms with Crippen LogP contribution in [0.25, 0.3) is 6.08 Å². The van der Waals surface area contributed by atoms with Gasteiger partial charge in [-0.15, -0.1) is 0 Å². The molecule has 1 atom stereocenters. The minimum absolute atomic E-state index is 0.137. The second-order valence-electron chi connectivity index (χ2n) is 10.4. The third-order valence-corrected chi connectivity index (χ3v) is 8.93. The Hall–Kier alpha value is -3.92. The molecule has 5 rings (SSSR count). The SMILES string of the molecule is CCOC(=O)C1=C(C)N=c2s/c(=C\c3cc(Cl)cc(I)c3OCc3ccccc3C#N)c(=O)n2[C@@H]1c1ccccc1OC(C)C. The fraction of sp³-hybridized carbons (Fsp3) is 0.235. The largest absolute Gasteiger partial charge is 0.491 e. The number of carbonyl (C=O) groups is 1. The molecule has 230 valence electrons. The third-order valence-electron chi connectivity index (χ3n) is 6.93. The van der Waals surface area contributed by atoms with Crippen LogP contribution >= 0.6 is 45.5 Å². The molecule has 1 aliphatic rings. The summed E-state index contributed by atoms with van der Waals surface area (Å²) in [7, 11) is 0. The minimum Gasteiger partial charge on any atom is -0.491 e. The molecule has 0 saturated heterocycles. The van der Waals surface area contributed by atoms with Crippen LogP contribution in [0.15, 0.2) is 81.7 Å². The number of hydrogen-bond acceptors (Lipinski definition) is 8. The summed E-state index contributed by atoms with van der Waals surface area (Å²) in [6.07, 6.45) is 1.59. The summed E-state index contributed by atoms with van der Waals surface area (Å²) in [6.45, 7) is 7.64. The van der Waals surface area contributed by atoms with Crippen LogP contribution in [0, 0.1) is 14.9 Å². The summed E-state index contributed by atoms with van der Waals surface area (Å²) in [5.74, 6) is 0.533. The first-order valence-electron chi connectivity index (χ1n) is 14.2. The average molecular weight is 754 g/mol. The first-order chi connectivity index (χ1) is 21.6. The van der Waals surface area contributed by atoms with E-state index in [9.17, 15) is 14.9 Å². The first kappa shape index (κ1) is 32.5. The van der Waals surface area contributed by atoms with Crippen molar-refractivity contribution in [1.29, 1.82) is 5.26 Å². The molecule has 0 N–H and O–H groups in total. The number of fused-ring (bicyclic) bond motifs is 1. The summed E-state index contributed by atoms with van der Waals surface area (Å²) < 4.78 is 20.4. The van der Waals surface area contributed by atoms with E-state index in [1.54, 1.807) is 44.2 Å². The Morgan fingerprint density at radius 3 is 2.67 bits per heavy atom. The van der Waals surface area contributed by atoms with Gasteiger partial charge in [-0.25, -0.2) is 9.79 Å². The Morgan fingerprint density at radius 2 is 1.93 bits per heavy atom. The molecule has 4 aromatic rings. The minimum atomic E-state index is -0.824. The number of thiazole rings is 1. The van der Waals surface area contributed by atoms with E-state index in [2.05, 4.69) is 33.7 Å². The normalized spacial score (nSPS) is 14.5. The Kier molecular flexibility index (Phi) is 10.1. The monoisotopic (exact) mass is 753 g/mol. The smallest absolute Gasteiger partial charge is 0.338 e. The molecular weight excluding hydrogens is 725 g/mol. The molecule has 11 heteroatoms. The van der Waals surface area contributed by atoms with Crippen LogP contribution in [0.1, 0.15) is 56.0 Å². The van der Waals surface area contributed by atoms with Crippen molar-refractivity contribution in [2.45, 2.75) is 46.4 Å². The van der Waals surface area contributed by atoms with E-state index in [0.717, 1.165) is 9.13 Å². The summed E-state index contributed by atoms with van der Waals surface area (Å²) in [6, 6.07) is 19.5. The maximum atomic E-state index is 14.3. The zero-order chi connectivity index (χ0) is 32.2. The van der Waals surface area contributed by atoms with Crippen LogP contribution in [-0.4, -0.2) is 23.2 Å². The van der Waals surface area contributed by atoms with Gasteiger partial charge in [0, 0.05) is 21.7 Å². The molecule has 0 bridgehead atoms. The number of rotatable bonds is 9. The highest BCUT2D eigenvalue weighted by Crippen LogP contribution is 2.36. The van der Waals surface area contributed by atoms with Gasteiger partial charge in [0.25, 0.3) is 5.56 Å². The van der Waals surface area contributed by atoms with Crippen molar-refractivity contribution in [2.75, 3.05) is 6.61 Å².